The normalized spacial score (nSPS) is 20.7. The van der Waals surface area contributed by atoms with Crippen LogP contribution in [0.15, 0.2) is 30.3 Å². The van der Waals surface area contributed by atoms with E-state index in [0.29, 0.717) is 19.4 Å². The number of likely N-dealkylation sites (tertiary alicyclic amines) is 1. The molecule has 3 N–H and O–H groups in total. The molecule has 1 saturated heterocycles. The number of carbonyl (C=O) groups excluding carboxylic acids is 3. The molecule has 1 aliphatic heterocycles. The Bertz CT molecular complexity index is 559. The quantitative estimate of drug-likeness (QED) is 0.806. The molecule has 1 aromatic rings. The van der Waals surface area contributed by atoms with Crippen molar-refractivity contribution in [1.29, 1.82) is 0 Å². The third-order valence-corrected chi connectivity index (χ3v) is 3.96. The number of nitrogens with zero attached hydrogens (tertiary/aromatic N) is 1. The first-order chi connectivity index (χ1) is 10.5. The summed E-state index contributed by atoms with van der Waals surface area (Å²) in [7, 11) is 0. The maximum atomic E-state index is 12.1. The van der Waals surface area contributed by atoms with Crippen LogP contribution in [-0.2, 0) is 20.8 Å². The molecular formula is C16H21N3O3. The second kappa shape index (κ2) is 7.06. The van der Waals surface area contributed by atoms with Gasteiger partial charge < -0.3 is 16.0 Å². The summed E-state index contributed by atoms with van der Waals surface area (Å²) in [6.45, 7) is 2.05. The fraction of sp³-hybridized carbons (Fsp3) is 0.438. The van der Waals surface area contributed by atoms with Crippen molar-refractivity contribution in [1.82, 2.24) is 10.2 Å². The van der Waals surface area contributed by atoms with Crippen molar-refractivity contribution in [3.8, 4) is 0 Å². The Kier molecular flexibility index (Phi) is 5.14. The van der Waals surface area contributed by atoms with Crippen molar-refractivity contribution in [2.75, 3.05) is 13.1 Å². The Hall–Kier alpha value is -2.37. The van der Waals surface area contributed by atoms with Gasteiger partial charge in [0.2, 0.25) is 17.7 Å². The predicted octanol–water partition coefficient (Wildman–Crippen LogP) is 0.0676. The summed E-state index contributed by atoms with van der Waals surface area (Å²) in [5.74, 6) is -1.26. The van der Waals surface area contributed by atoms with Gasteiger partial charge in [-0.25, -0.2) is 0 Å². The van der Waals surface area contributed by atoms with Crippen LogP contribution in [0.25, 0.3) is 0 Å². The lowest BCUT2D eigenvalue weighted by Gasteiger charge is -2.17. The minimum atomic E-state index is -0.524. The number of amides is 3. The standard InChI is InChI=1S/C16H21N3O3/c1-11(20)19-9-13(16(17)22)14(10-19)18-15(21)8-7-12-5-3-2-4-6-12/h2-6,13-14H,7-10H2,1H3,(H2,17,22)(H,18,21)/t13-,14+/m1/s1. The Morgan fingerprint density at radius 3 is 2.50 bits per heavy atom. The van der Waals surface area contributed by atoms with Crippen molar-refractivity contribution in [2.24, 2.45) is 11.7 Å². The van der Waals surface area contributed by atoms with Crippen LogP contribution in [0.5, 0.6) is 0 Å². The first kappa shape index (κ1) is 16.0. The lowest BCUT2D eigenvalue weighted by molar-refractivity contribution is -0.128. The summed E-state index contributed by atoms with van der Waals surface area (Å²) in [6, 6.07) is 9.31. The molecule has 1 heterocycles. The molecule has 1 fully saturated rings. The number of aryl methyl sites for hydroxylation is 1. The first-order valence-corrected chi connectivity index (χ1v) is 7.35. The fourth-order valence-corrected chi connectivity index (χ4v) is 2.68. The molecule has 1 aromatic carbocycles. The zero-order valence-corrected chi connectivity index (χ0v) is 12.6. The van der Waals surface area contributed by atoms with E-state index >= 15 is 0 Å². The molecule has 2 atom stereocenters. The third kappa shape index (κ3) is 4.07. The van der Waals surface area contributed by atoms with Crippen molar-refractivity contribution < 1.29 is 14.4 Å². The number of primary amides is 1. The average Bonchev–Trinajstić information content (AvgIpc) is 2.90. The van der Waals surface area contributed by atoms with Crippen LogP contribution in [0.4, 0.5) is 0 Å². The second-order valence-electron chi connectivity index (χ2n) is 5.59. The predicted molar refractivity (Wildman–Crippen MR) is 81.6 cm³/mol. The van der Waals surface area contributed by atoms with Crippen molar-refractivity contribution >= 4 is 17.7 Å². The van der Waals surface area contributed by atoms with Gasteiger partial charge in [-0.15, -0.1) is 0 Å². The van der Waals surface area contributed by atoms with Crippen LogP contribution < -0.4 is 11.1 Å². The molecule has 0 aliphatic carbocycles. The number of hydrogen-bond acceptors (Lipinski definition) is 3. The summed E-state index contributed by atoms with van der Waals surface area (Å²) in [6.07, 6.45) is 0.975. The van der Waals surface area contributed by atoms with E-state index in [0.717, 1.165) is 5.56 Å². The smallest absolute Gasteiger partial charge is 0.224 e. The van der Waals surface area contributed by atoms with Gasteiger partial charge in [0, 0.05) is 26.4 Å². The molecule has 2 rings (SSSR count). The molecule has 3 amide bonds. The first-order valence-electron chi connectivity index (χ1n) is 7.35. The number of hydrogen-bond donors (Lipinski definition) is 2. The van der Waals surface area contributed by atoms with Gasteiger partial charge >= 0.3 is 0 Å². The lowest BCUT2D eigenvalue weighted by atomic mass is 10.0. The highest BCUT2D eigenvalue weighted by Gasteiger charge is 2.38. The largest absolute Gasteiger partial charge is 0.369 e. The van der Waals surface area contributed by atoms with Gasteiger partial charge in [-0.05, 0) is 12.0 Å². The SMILES string of the molecule is CC(=O)N1C[C@H](NC(=O)CCc2ccccc2)[C@H](C(N)=O)C1. The summed E-state index contributed by atoms with van der Waals surface area (Å²) in [4.78, 5) is 36.5. The highest BCUT2D eigenvalue weighted by atomic mass is 16.2. The Labute approximate surface area is 129 Å². The fourth-order valence-electron chi connectivity index (χ4n) is 2.68. The van der Waals surface area contributed by atoms with Crippen LogP contribution in [0.2, 0.25) is 0 Å². The molecule has 1 aliphatic rings. The average molecular weight is 303 g/mol. The van der Waals surface area contributed by atoms with Gasteiger partial charge in [0.15, 0.2) is 0 Å². The summed E-state index contributed by atoms with van der Waals surface area (Å²) in [5.41, 5.74) is 6.45. The van der Waals surface area contributed by atoms with Crippen molar-refractivity contribution in [3.05, 3.63) is 35.9 Å². The van der Waals surface area contributed by atoms with Crippen molar-refractivity contribution in [3.63, 3.8) is 0 Å². The molecule has 0 bridgehead atoms. The monoisotopic (exact) mass is 303 g/mol. The number of nitrogens with one attached hydrogen (secondary N) is 1. The van der Waals surface area contributed by atoms with Gasteiger partial charge in [0.1, 0.15) is 0 Å². The van der Waals surface area contributed by atoms with Gasteiger partial charge in [-0.2, -0.15) is 0 Å². The molecule has 22 heavy (non-hydrogen) atoms. The number of benzene rings is 1. The van der Waals surface area contributed by atoms with Gasteiger partial charge in [-0.1, -0.05) is 30.3 Å². The van der Waals surface area contributed by atoms with E-state index in [1.165, 1.54) is 11.8 Å². The number of nitrogens with two attached hydrogens (primary N) is 1. The number of carbonyl (C=O) groups is 3. The van der Waals surface area contributed by atoms with E-state index < -0.39 is 17.9 Å². The molecule has 118 valence electrons. The maximum Gasteiger partial charge on any atom is 0.224 e. The van der Waals surface area contributed by atoms with E-state index in [1.54, 1.807) is 0 Å². The van der Waals surface area contributed by atoms with E-state index in [2.05, 4.69) is 5.32 Å². The summed E-state index contributed by atoms with van der Waals surface area (Å²) >= 11 is 0. The number of rotatable bonds is 5. The van der Waals surface area contributed by atoms with E-state index in [1.807, 2.05) is 30.3 Å². The van der Waals surface area contributed by atoms with Crippen LogP contribution in [0.3, 0.4) is 0 Å². The lowest BCUT2D eigenvalue weighted by Crippen LogP contribution is -2.44. The highest BCUT2D eigenvalue weighted by molar-refractivity contribution is 5.83. The molecule has 6 nitrogen and oxygen atoms in total. The Morgan fingerprint density at radius 2 is 1.91 bits per heavy atom. The van der Waals surface area contributed by atoms with Crippen LogP contribution in [0, 0.1) is 5.92 Å². The van der Waals surface area contributed by atoms with E-state index in [-0.39, 0.29) is 18.4 Å². The highest BCUT2D eigenvalue weighted by Crippen LogP contribution is 2.17. The van der Waals surface area contributed by atoms with E-state index in [9.17, 15) is 14.4 Å². The summed E-state index contributed by atoms with van der Waals surface area (Å²) < 4.78 is 0. The molecule has 0 aromatic heterocycles. The molecule has 6 heteroatoms. The Balaban J connectivity index is 1.89. The second-order valence-corrected chi connectivity index (χ2v) is 5.59. The van der Waals surface area contributed by atoms with Gasteiger partial charge in [-0.3, -0.25) is 14.4 Å². The topological polar surface area (TPSA) is 92.5 Å². The van der Waals surface area contributed by atoms with Crippen LogP contribution >= 0.6 is 0 Å². The van der Waals surface area contributed by atoms with Crippen LogP contribution in [-0.4, -0.2) is 41.8 Å². The maximum absolute atomic E-state index is 12.1. The molecule has 0 saturated carbocycles. The zero-order valence-electron chi connectivity index (χ0n) is 12.6. The van der Waals surface area contributed by atoms with Gasteiger partial charge in [0.25, 0.3) is 0 Å². The molecular weight excluding hydrogens is 282 g/mol. The van der Waals surface area contributed by atoms with Crippen molar-refractivity contribution in [2.45, 2.75) is 25.8 Å². The molecule has 0 spiro atoms. The minimum Gasteiger partial charge on any atom is -0.369 e. The minimum absolute atomic E-state index is 0.118. The molecule has 0 unspecified atom stereocenters. The van der Waals surface area contributed by atoms with E-state index in [4.69, 9.17) is 5.73 Å². The zero-order chi connectivity index (χ0) is 16.1. The Morgan fingerprint density at radius 1 is 1.23 bits per heavy atom. The van der Waals surface area contributed by atoms with Crippen LogP contribution in [0.1, 0.15) is 18.9 Å². The van der Waals surface area contributed by atoms with Gasteiger partial charge in [0.05, 0.1) is 12.0 Å². The molecule has 0 radical (unpaired) electrons. The third-order valence-electron chi connectivity index (χ3n) is 3.96. The summed E-state index contributed by atoms with van der Waals surface area (Å²) in [5, 5.41) is 2.83.